The molecule has 0 aromatic heterocycles. The van der Waals surface area contributed by atoms with Crippen LogP contribution >= 0.6 is 0 Å². The molecule has 0 aliphatic carbocycles. The summed E-state index contributed by atoms with van der Waals surface area (Å²) in [7, 11) is -1.98. The monoisotopic (exact) mass is 378 g/mol. The molecular weight excluding hydrogens is 340 g/mol. The van der Waals surface area contributed by atoms with Gasteiger partial charge in [0.25, 0.3) is 0 Å². The van der Waals surface area contributed by atoms with Gasteiger partial charge in [0.05, 0.1) is 12.5 Å². The van der Waals surface area contributed by atoms with E-state index in [1.165, 1.54) is 0 Å². The number of hydrogen-bond donors (Lipinski definition) is 1. The van der Waals surface area contributed by atoms with Crippen molar-refractivity contribution in [3.05, 3.63) is 47.6 Å². The largest absolute Gasteiger partial charge is 0.481 e. The van der Waals surface area contributed by atoms with Gasteiger partial charge in [0.1, 0.15) is 0 Å². The normalized spacial score (nSPS) is 17.0. The van der Waals surface area contributed by atoms with Crippen LogP contribution in [0, 0.1) is 5.92 Å². The third-order valence-electron chi connectivity index (χ3n) is 4.94. The summed E-state index contributed by atoms with van der Waals surface area (Å²) in [6.45, 7) is 23.0. The zero-order valence-corrected chi connectivity index (χ0v) is 19.1. The van der Waals surface area contributed by atoms with Crippen LogP contribution < -0.4 is 0 Å². The topological polar surface area (TPSA) is 46.5 Å². The van der Waals surface area contributed by atoms with Crippen LogP contribution in [0.15, 0.2) is 47.6 Å². The Balaban J connectivity index is 5.74. The molecule has 0 aromatic rings. The Kier molecular flexibility index (Phi) is 9.53. The number of rotatable bonds is 9. The summed E-state index contributed by atoms with van der Waals surface area (Å²) in [5.41, 5.74) is 3.10. The van der Waals surface area contributed by atoms with Crippen LogP contribution in [0.1, 0.15) is 54.9 Å². The molecule has 4 heteroatoms. The van der Waals surface area contributed by atoms with Crippen LogP contribution in [0.5, 0.6) is 0 Å². The predicted molar refractivity (Wildman–Crippen MR) is 115 cm³/mol. The zero-order chi connectivity index (χ0) is 20.7. The SMILES string of the molecule is C=C/C(C)=C\C(C)=C/[C@@H](C)[C@H](/C=C(\C)CC(=O)O)O[Si](C)(C)C(C)(C)C. The lowest BCUT2D eigenvalue weighted by atomic mass is 9.98. The summed E-state index contributed by atoms with van der Waals surface area (Å²) in [5, 5.41) is 9.16. The lowest BCUT2D eigenvalue weighted by Crippen LogP contribution is -2.45. The van der Waals surface area contributed by atoms with Crippen LogP contribution in [0.25, 0.3) is 0 Å². The van der Waals surface area contributed by atoms with Crippen molar-refractivity contribution in [2.75, 3.05) is 0 Å². The number of carbonyl (C=O) groups is 1. The summed E-state index contributed by atoms with van der Waals surface area (Å²) in [6, 6.07) is 0. The molecule has 0 aliphatic heterocycles. The fraction of sp³-hybridized carbons (Fsp3) is 0.591. The highest BCUT2D eigenvalue weighted by molar-refractivity contribution is 6.74. The quantitative estimate of drug-likeness (QED) is 0.282. The molecule has 0 saturated carbocycles. The van der Waals surface area contributed by atoms with Crippen molar-refractivity contribution >= 4 is 14.3 Å². The minimum atomic E-state index is -1.98. The van der Waals surface area contributed by atoms with E-state index in [2.05, 4.69) is 66.4 Å². The molecule has 0 saturated heterocycles. The first-order valence-corrected chi connectivity index (χ1v) is 12.2. The second-order valence-corrected chi connectivity index (χ2v) is 13.5. The Hall–Kier alpha value is -1.39. The van der Waals surface area contributed by atoms with Gasteiger partial charge in [0.15, 0.2) is 8.32 Å². The standard InChI is InChI=1S/C22H38O3Si/c1-11-16(2)12-17(3)13-19(5)20(14-18(4)15-21(23)24)25-26(9,10)22(6,7)8/h11-14,19-20H,1,15H2,2-10H3,(H,23,24)/b16-12-,17-13-,18-14+/t19-,20+/m1/s1. The number of aliphatic carboxylic acids is 1. The van der Waals surface area contributed by atoms with Crippen LogP contribution in [0.4, 0.5) is 0 Å². The molecule has 0 spiro atoms. The molecule has 0 unspecified atom stereocenters. The van der Waals surface area contributed by atoms with Gasteiger partial charge in [-0.1, -0.05) is 75.3 Å². The van der Waals surface area contributed by atoms with Gasteiger partial charge in [-0.05, 0) is 38.9 Å². The average Bonchev–Trinajstić information content (AvgIpc) is 2.43. The molecule has 2 atom stereocenters. The number of carboxylic acid groups (broad SMARTS) is 1. The van der Waals surface area contributed by atoms with Crippen molar-refractivity contribution in [2.24, 2.45) is 5.92 Å². The van der Waals surface area contributed by atoms with Gasteiger partial charge < -0.3 is 9.53 Å². The Bertz CT molecular complexity index is 589. The highest BCUT2D eigenvalue weighted by atomic mass is 28.4. The fourth-order valence-corrected chi connectivity index (χ4v) is 3.68. The van der Waals surface area contributed by atoms with E-state index >= 15 is 0 Å². The summed E-state index contributed by atoms with van der Waals surface area (Å²) >= 11 is 0. The summed E-state index contributed by atoms with van der Waals surface area (Å²) in [6.07, 6.45) is 8.02. The third kappa shape index (κ3) is 8.81. The van der Waals surface area contributed by atoms with Crippen molar-refractivity contribution < 1.29 is 14.3 Å². The molecule has 0 amide bonds. The van der Waals surface area contributed by atoms with Gasteiger partial charge in [-0.25, -0.2) is 0 Å². The zero-order valence-electron chi connectivity index (χ0n) is 18.1. The van der Waals surface area contributed by atoms with Gasteiger partial charge in [-0.15, -0.1) is 0 Å². The van der Waals surface area contributed by atoms with Crippen molar-refractivity contribution in [2.45, 2.75) is 79.1 Å². The maximum absolute atomic E-state index is 11.0. The van der Waals surface area contributed by atoms with E-state index in [1.54, 1.807) is 0 Å². The van der Waals surface area contributed by atoms with E-state index in [0.717, 1.165) is 16.7 Å². The second-order valence-electron chi connectivity index (χ2n) is 8.79. The van der Waals surface area contributed by atoms with E-state index in [1.807, 2.05) is 26.0 Å². The van der Waals surface area contributed by atoms with Gasteiger partial charge in [-0.2, -0.15) is 0 Å². The lowest BCUT2D eigenvalue weighted by Gasteiger charge is -2.40. The summed E-state index contributed by atoms with van der Waals surface area (Å²) in [4.78, 5) is 11.0. The Morgan fingerprint density at radius 2 is 1.69 bits per heavy atom. The number of carboxylic acids is 1. The molecule has 3 nitrogen and oxygen atoms in total. The smallest absolute Gasteiger partial charge is 0.307 e. The lowest BCUT2D eigenvalue weighted by molar-refractivity contribution is -0.136. The minimum absolute atomic E-state index is 0.0439. The van der Waals surface area contributed by atoms with E-state index in [0.29, 0.717) is 0 Å². The van der Waals surface area contributed by atoms with Crippen LogP contribution in [-0.2, 0) is 9.22 Å². The van der Waals surface area contributed by atoms with Gasteiger partial charge >= 0.3 is 5.97 Å². The van der Waals surface area contributed by atoms with Crippen LogP contribution in [0.2, 0.25) is 18.1 Å². The van der Waals surface area contributed by atoms with Crippen molar-refractivity contribution in [1.29, 1.82) is 0 Å². The molecule has 0 rings (SSSR count). The van der Waals surface area contributed by atoms with E-state index in [4.69, 9.17) is 9.53 Å². The predicted octanol–water partition coefficient (Wildman–Crippen LogP) is 6.51. The number of allylic oxidation sites excluding steroid dienone is 4. The molecule has 0 fully saturated rings. The van der Waals surface area contributed by atoms with Crippen molar-refractivity contribution in [3.63, 3.8) is 0 Å². The highest BCUT2D eigenvalue weighted by Crippen LogP contribution is 2.38. The summed E-state index contributed by atoms with van der Waals surface area (Å²) in [5.74, 6) is -0.671. The first kappa shape index (κ1) is 24.6. The van der Waals surface area contributed by atoms with Crippen LogP contribution in [-0.4, -0.2) is 25.5 Å². The van der Waals surface area contributed by atoms with E-state index < -0.39 is 14.3 Å². The van der Waals surface area contributed by atoms with Crippen molar-refractivity contribution in [1.82, 2.24) is 0 Å². The van der Waals surface area contributed by atoms with Gasteiger partial charge in [0.2, 0.25) is 0 Å². The molecule has 0 aliphatic rings. The first-order valence-electron chi connectivity index (χ1n) is 9.25. The van der Waals surface area contributed by atoms with Gasteiger partial charge in [0, 0.05) is 5.92 Å². The van der Waals surface area contributed by atoms with Crippen molar-refractivity contribution in [3.8, 4) is 0 Å². The molecule has 0 heterocycles. The third-order valence-corrected chi connectivity index (χ3v) is 9.41. The molecule has 0 radical (unpaired) electrons. The maximum atomic E-state index is 11.0. The Morgan fingerprint density at radius 1 is 1.15 bits per heavy atom. The molecule has 0 aromatic carbocycles. The van der Waals surface area contributed by atoms with Crippen LogP contribution in [0.3, 0.4) is 0 Å². The molecule has 0 bridgehead atoms. The van der Waals surface area contributed by atoms with E-state index in [9.17, 15) is 4.79 Å². The Labute approximate surface area is 161 Å². The maximum Gasteiger partial charge on any atom is 0.307 e. The van der Waals surface area contributed by atoms with E-state index in [-0.39, 0.29) is 23.5 Å². The molecule has 148 valence electrons. The molecular formula is C22H38O3Si. The minimum Gasteiger partial charge on any atom is -0.481 e. The average molecular weight is 379 g/mol. The first-order chi connectivity index (χ1) is 11.7. The summed E-state index contributed by atoms with van der Waals surface area (Å²) < 4.78 is 6.63. The second kappa shape index (κ2) is 10.1. The molecule has 1 N–H and O–H groups in total. The fourth-order valence-electron chi connectivity index (χ4n) is 2.36. The highest BCUT2D eigenvalue weighted by Gasteiger charge is 2.39. The van der Waals surface area contributed by atoms with Gasteiger partial charge in [-0.3, -0.25) is 4.79 Å². The number of hydrogen-bond acceptors (Lipinski definition) is 2. The molecule has 26 heavy (non-hydrogen) atoms. The Morgan fingerprint density at radius 3 is 2.12 bits per heavy atom.